The molecule has 0 aromatic heterocycles. The molecule has 4 heteroatoms. The van der Waals surface area contributed by atoms with Crippen LogP contribution in [0.25, 0.3) is 0 Å². The van der Waals surface area contributed by atoms with Gasteiger partial charge in [-0.1, -0.05) is 25.7 Å². The molecule has 4 nitrogen and oxygen atoms in total. The number of carbonyl (C=O) groups excluding carboxylic acids is 1. The Kier molecular flexibility index (Phi) is 4.80. The van der Waals surface area contributed by atoms with Gasteiger partial charge in [0.05, 0.1) is 25.7 Å². The van der Waals surface area contributed by atoms with E-state index in [0.717, 1.165) is 0 Å². The largest absolute Gasteiger partial charge is 0.465 e. The lowest BCUT2D eigenvalue weighted by atomic mass is 10.0. The van der Waals surface area contributed by atoms with Gasteiger partial charge in [0.15, 0.2) is 0 Å². The van der Waals surface area contributed by atoms with E-state index in [2.05, 4.69) is 0 Å². The minimum absolute atomic E-state index is 0.167. The molecule has 17 heavy (non-hydrogen) atoms. The van der Waals surface area contributed by atoms with Crippen molar-refractivity contribution in [1.82, 2.24) is 0 Å². The van der Waals surface area contributed by atoms with Crippen molar-refractivity contribution in [3.05, 3.63) is 0 Å². The van der Waals surface area contributed by atoms with Crippen LogP contribution in [0.15, 0.2) is 0 Å². The van der Waals surface area contributed by atoms with Gasteiger partial charge in [-0.15, -0.1) is 0 Å². The number of esters is 1. The Morgan fingerprint density at radius 2 is 1.88 bits per heavy atom. The first-order valence-electron chi connectivity index (χ1n) is 6.77. The number of nitrogens with two attached hydrogens (primary N) is 1. The van der Waals surface area contributed by atoms with Crippen molar-refractivity contribution in [2.24, 2.45) is 17.6 Å². The molecule has 2 fully saturated rings. The van der Waals surface area contributed by atoms with E-state index in [-0.39, 0.29) is 17.9 Å². The zero-order valence-electron chi connectivity index (χ0n) is 10.4. The third-order valence-electron chi connectivity index (χ3n) is 3.86. The number of rotatable bonds is 3. The Labute approximate surface area is 103 Å². The lowest BCUT2D eigenvalue weighted by Gasteiger charge is -2.17. The zero-order chi connectivity index (χ0) is 12.1. The molecular weight excluding hydrogens is 218 g/mol. The van der Waals surface area contributed by atoms with E-state index in [1.807, 2.05) is 0 Å². The summed E-state index contributed by atoms with van der Waals surface area (Å²) in [7, 11) is 0. The maximum Gasteiger partial charge on any atom is 0.312 e. The van der Waals surface area contributed by atoms with Crippen LogP contribution in [0.1, 0.15) is 38.5 Å². The normalized spacial score (nSPS) is 31.1. The summed E-state index contributed by atoms with van der Waals surface area (Å²) >= 11 is 0. The monoisotopic (exact) mass is 241 g/mol. The first kappa shape index (κ1) is 12.8. The number of hydrogen-bond donors (Lipinski definition) is 1. The molecular formula is C13H23NO3. The average Bonchev–Trinajstić information content (AvgIpc) is 2.61. The quantitative estimate of drug-likeness (QED) is 0.600. The summed E-state index contributed by atoms with van der Waals surface area (Å²) in [5.41, 5.74) is 5.79. The third kappa shape index (κ3) is 3.68. The summed E-state index contributed by atoms with van der Waals surface area (Å²) in [5, 5.41) is 0. The first-order valence-corrected chi connectivity index (χ1v) is 6.77. The molecule has 0 aromatic rings. The topological polar surface area (TPSA) is 61.5 Å². The molecule has 0 bridgehead atoms. The predicted octanol–water partition coefficient (Wildman–Crippen LogP) is 1.47. The highest BCUT2D eigenvalue weighted by Gasteiger charge is 2.33. The van der Waals surface area contributed by atoms with Gasteiger partial charge in [0.25, 0.3) is 0 Å². The second-order valence-corrected chi connectivity index (χ2v) is 5.30. The summed E-state index contributed by atoms with van der Waals surface area (Å²) in [4.78, 5) is 11.8. The Balaban J connectivity index is 1.71. The fraction of sp³-hybridized carbons (Fsp3) is 0.923. The van der Waals surface area contributed by atoms with Crippen LogP contribution in [0.5, 0.6) is 0 Å². The van der Waals surface area contributed by atoms with Crippen molar-refractivity contribution in [1.29, 1.82) is 0 Å². The van der Waals surface area contributed by atoms with Crippen LogP contribution in [0.3, 0.4) is 0 Å². The van der Waals surface area contributed by atoms with Gasteiger partial charge in [-0.3, -0.25) is 4.79 Å². The van der Waals surface area contributed by atoms with E-state index in [9.17, 15) is 4.79 Å². The van der Waals surface area contributed by atoms with Gasteiger partial charge in [0.1, 0.15) is 0 Å². The van der Waals surface area contributed by atoms with E-state index in [0.29, 0.717) is 25.7 Å². The molecule has 0 amide bonds. The van der Waals surface area contributed by atoms with E-state index < -0.39 is 0 Å². The molecule has 1 aliphatic heterocycles. The fourth-order valence-electron chi connectivity index (χ4n) is 2.65. The summed E-state index contributed by atoms with van der Waals surface area (Å²) in [6, 6.07) is -0.184. The number of ether oxygens (including phenoxy) is 2. The lowest BCUT2D eigenvalue weighted by molar-refractivity contribution is -0.150. The smallest absolute Gasteiger partial charge is 0.312 e. The molecule has 1 heterocycles. The molecule has 98 valence electrons. The Morgan fingerprint density at radius 1 is 1.18 bits per heavy atom. The second-order valence-electron chi connectivity index (χ2n) is 5.30. The molecule has 0 radical (unpaired) electrons. The van der Waals surface area contributed by atoms with Crippen LogP contribution in [-0.4, -0.2) is 31.8 Å². The lowest BCUT2D eigenvalue weighted by Crippen LogP contribution is -2.35. The maximum absolute atomic E-state index is 11.8. The number of hydrogen-bond acceptors (Lipinski definition) is 4. The highest BCUT2D eigenvalue weighted by Crippen LogP contribution is 2.23. The van der Waals surface area contributed by atoms with E-state index in [4.69, 9.17) is 15.2 Å². The molecule has 1 saturated heterocycles. The molecule has 1 aliphatic carbocycles. The van der Waals surface area contributed by atoms with Crippen LogP contribution in [-0.2, 0) is 14.3 Å². The van der Waals surface area contributed by atoms with Crippen molar-refractivity contribution in [2.45, 2.75) is 44.6 Å². The minimum atomic E-state index is -0.249. The Hall–Kier alpha value is -0.610. The van der Waals surface area contributed by atoms with Crippen LogP contribution in [0.2, 0.25) is 0 Å². The number of carbonyl (C=O) groups is 1. The van der Waals surface area contributed by atoms with Gasteiger partial charge in [-0.25, -0.2) is 0 Å². The van der Waals surface area contributed by atoms with Crippen LogP contribution < -0.4 is 5.73 Å². The molecule has 2 rings (SSSR count). The predicted molar refractivity (Wildman–Crippen MR) is 64.4 cm³/mol. The van der Waals surface area contributed by atoms with E-state index in [1.54, 1.807) is 0 Å². The van der Waals surface area contributed by atoms with Crippen molar-refractivity contribution in [2.75, 3.05) is 19.8 Å². The van der Waals surface area contributed by atoms with Crippen LogP contribution in [0.4, 0.5) is 0 Å². The van der Waals surface area contributed by atoms with Crippen molar-refractivity contribution >= 4 is 5.97 Å². The van der Waals surface area contributed by atoms with Gasteiger partial charge in [0, 0.05) is 6.04 Å². The van der Waals surface area contributed by atoms with Crippen molar-refractivity contribution in [3.63, 3.8) is 0 Å². The van der Waals surface area contributed by atoms with Gasteiger partial charge in [-0.2, -0.15) is 0 Å². The molecule has 2 N–H and O–H groups in total. The Morgan fingerprint density at radius 3 is 2.47 bits per heavy atom. The highest BCUT2D eigenvalue weighted by molar-refractivity contribution is 5.73. The van der Waals surface area contributed by atoms with E-state index >= 15 is 0 Å². The SMILES string of the molecule is NC1COCC1C(=O)OCC1CCCCCC1. The standard InChI is InChI=1S/C13H23NO3/c14-12-9-16-8-11(12)13(15)17-7-10-5-3-1-2-4-6-10/h10-12H,1-9,14H2. The fourth-order valence-corrected chi connectivity index (χ4v) is 2.65. The molecule has 2 unspecified atom stereocenters. The minimum Gasteiger partial charge on any atom is -0.465 e. The second kappa shape index (κ2) is 6.36. The summed E-state index contributed by atoms with van der Waals surface area (Å²) < 4.78 is 10.6. The summed E-state index contributed by atoms with van der Waals surface area (Å²) in [6.45, 7) is 1.47. The molecule has 2 atom stereocenters. The Bertz CT molecular complexity index is 249. The van der Waals surface area contributed by atoms with Crippen LogP contribution >= 0.6 is 0 Å². The van der Waals surface area contributed by atoms with Crippen molar-refractivity contribution < 1.29 is 14.3 Å². The molecule has 0 spiro atoms. The zero-order valence-corrected chi connectivity index (χ0v) is 10.4. The van der Waals surface area contributed by atoms with Gasteiger partial charge in [0.2, 0.25) is 0 Å². The van der Waals surface area contributed by atoms with Gasteiger partial charge >= 0.3 is 5.97 Å². The van der Waals surface area contributed by atoms with Crippen LogP contribution in [0, 0.1) is 11.8 Å². The molecule has 2 aliphatic rings. The van der Waals surface area contributed by atoms with E-state index in [1.165, 1.54) is 38.5 Å². The molecule has 0 aromatic carbocycles. The van der Waals surface area contributed by atoms with Gasteiger partial charge < -0.3 is 15.2 Å². The molecule has 1 saturated carbocycles. The summed E-state index contributed by atoms with van der Waals surface area (Å²) in [5.74, 6) is 0.139. The first-order chi connectivity index (χ1) is 8.27. The maximum atomic E-state index is 11.8. The third-order valence-corrected chi connectivity index (χ3v) is 3.86. The summed E-state index contributed by atoms with van der Waals surface area (Å²) in [6.07, 6.45) is 7.58. The highest BCUT2D eigenvalue weighted by atomic mass is 16.5. The van der Waals surface area contributed by atoms with Gasteiger partial charge in [-0.05, 0) is 18.8 Å². The average molecular weight is 241 g/mol. The van der Waals surface area contributed by atoms with Crippen molar-refractivity contribution in [3.8, 4) is 0 Å².